The number of carbonyl (C=O) groups excluding carboxylic acids is 1. The first kappa shape index (κ1) is 19.6. The third-order valence-corrected chi connectivity index (χ3v) is 6.43. The van der Waals surface area contributed by atoms with Gasteiger partial charge in [0.1, 0.15) is 22.9 Å². The second kappa shape index (κ2) is 8.37. The van der Waals surface area contributed by atoms with Gasteiger partial charge in [0, 0.05) is 17.0 Å². The average Bonchev–Trinajstić information content (AvgIpc) is 3.15. The molecule has 1 aromatic carbocycles. The molecular weight excluding hydrogens is 386 g/mol. The first-order chi connectivity index (χ1) is 14.1. The third-order valence-electron chi connectivity index (χ3n) is 5.56. The van der Waals surface area contributed by atoms with E-state index in [2.05, 4.69) is 10.3 Å². The van der Waals surface area contributed by atoms with E-state index in [-0.39, 0.29) is 24.1 Å². The summed E-state index contributed by atoms with van der Waals surface area (Å²) >= 11 is 1.45. The highest BCUT2D eigenvalue weighted by Gasteiger charge is 2.19. The molecule has 3 aromatic rings. The highest BCUT2D eigenvalue weighted by atomic mass is 32.1. The summed E-state index contributed by atoms with van der Waals surface area (Å²) in [5.41, 5.74) is 1.60. The fraction of sp³-hybridized carbons (Fsp3) is 0.409. The van der Waals surface area contributed by atoms with Crippen LogP contribution in [0.3, 0.4) is 0 Å². The van der Waals surface area contributed by atoms with E-state index < -0.39 is 0 Å². The minimum absolute atomic E-state index is 0.00199. The maximum atomic E-state index is 13.3. The van der Waals surface area contributed by atoms with Crippen LogP contribution in [-0.4, -0.2) is 28.6 Å². The van der Waals surface area contributed by atoms with Crippen molar-refractivity contribution >= 4 is 27.5 Å². The van der Waals surface area contributed by atoms with Gasteiger partial charge in [-0.3, -0.25) is 14.2 Å². The van der Waals surface area contributed by atoms with Crippen molar-refractivity contribution in [2.24, 2.45) is 0 Å². The molecule has 1 saturated carbocycles. The van der Waals surface area contributed by atoms with Crippen molar-refractivity contribution in [1.82, 2.24) is 14.9 Å². The van der Waals surface area contributed by atoms with Crippen molar-refractivity contribution in [2.75, 3.05) is 7.11 Å². The van der Waals surface area contributed by atoms with E-state index in [1.807, 2.05) is 29.6 Å². The molecule has 4 rings (SSSR count). The fourth-order valence-corrected chi connectivity index (χ4v) is 4.94. The smallest absolute Gasteiger partial charge is 0.263 e. The van der Waals surface area contributed by atoms with Crippen LogP contribution in [-0.2, 0) is 11.3 Å². The van der Waals surface area contributed by atoms with Gasteiger partial charge in [0.15, 0.2) is 0 Å². The lowest BCUT2D eigenvalue weighted by molar-refractivity contribution is -0.122. The molecule has 1 aliphatic rings. The molecule has 0 spiro atoms. The van der Waals surface area contributed by atoms with Gasteiger partial charge < -0.3 is 10.1 Å². The van der Waals surface area contributed by atoms with Gasteiger partial charge in [-0.05, 0) is 37.5 Å². The number of nitrogens with zero attached hydrogens (tertiary/aromatic N) is 2. The van der Waals surface area contributed by atoms with Crippen LogP contribution in [0.2, 0.25) is 0 Å². The molecule has 6 nitrogen and oxygen atoms in total. The van der Waals surface area contributed by atoms with Crippen LogP contribution < -0.4 is 15.6 Å². The Morgan fingerprint density at radius 1 is 1.24 bits per heavy atom. The van der Waals surface area contributed by atoms with Crippen molar-refractivity contribution in [1.29, 1.82) is 0 Å². The number of ether oxygens (including phenoxy) is 1. The monoisotopic (exact) mass is 411 g/mol. The highest BCUT2D eigenvalue weighted by Crippen LogP contribution is 2.32. The predicted molar refractivity (Wildman–Crippen MR) is 116 cm³/mol. The Morgan fingerprint density at radius 3 is 2.66 bits per heavy atom. The fourth-order valence-electron chi connectivity index (χ4n) is 3.96. The van der Waals surface area contributed by atoms with Gasteiger partial charge in [-0.2, -0.15) is 0 Å². The van der Waals surface area contributed by atoms with Gasteiger partial charge in [-0.15, -0.1) is 11.3 Å². The van der Waals surface area contributed by atoms with E-state index in [0.717, 1.165) is 42.6 Å². The maximum Gasteiger partial charge on any atom is 0.263 e. The van der Waals surface area contributed by atoms with Gasteiger partial charge in [0.2, 0.25) is 5.91 Å². The second-order valence-electron chi connectivity index (χ2n) is 7.51. The van der Waals surface area contributed by atoms with Gasteiger partial charge >= 0.3 is 0 Å². The average molecular weight is 412 g/mol. The number of thiophene rings is 1. The molecular formula is C22H25N3O3S. The van der Waals surface area contributed by atoms with Crippen LogP contribution in [0.4, 0.5) is 0 Å². The van der Waals surface area contributed by atoms with E-state index in [9.17, 15) is 9.59 Å². The predicted octanol–water partition coefficient (Wildman–Crippen LogP) is 3.89. The number of fused-ring (bicyclic) bond motifs is 1. The second-order valence-corrected chi connectivity index (χ2v) is 8.37. The number of methoxy groups -OCH3 is 1. The van der Waals surface area contributed by atoms with E-state index in [4.69, 9.17) is 4.74 Å². The Labute approximate surface area is 173 Å². The minimum atomic E-state index is -0.168. The number of hydrogen-bond acceptors (Lipinski definition) is 5. The van der Waals surface area contributed by atoms with Crippen molar-refractivity contribution in [3.05, 3.63) is 45.8 Å². The molecule has 1 fully saturated rings. The van der Waals surface area contributed by atoms with Gasteiger partial charge in [-0.25, -0.2) is 4.98 Å². The maximum absolute atomic E-state index is 13.3. The number of nitrogens with one attached hydrogen (secondary N) is 1. The van der Waals surface area contributed by atoms with Gasteiger partial charge in [-0.1, -0.05) is 31.4 Å². The van der Waals surface area contributed by atoms with Crippen LogP contribution in [0.5, 0.6) is 5.75 Å². The first-order valence-corrected chi connectivity index (χ1v) is 10.9. The Hall–Kier alpha value is -2.67. The number of rotatable bonds is 5. The number of aromatic nitrogens is 2. The normalized spacial score (nSPS) is 14.8. The van der Waals surface area contributed by atoms with E-state index in [0.29, 0.717) is 16.0 Å². The van der Waals surface area contributed by atoms with E-state index in [1.165, 1.54) is 22.3 Å². The molecule has 0 saturated heterocycles. The molecule has 0 unspecified atom stereocenters. The highest BCUT2D eigenvalue weighted by molar-refractivity contribution is 7.17. The summed E-state index contributed by atoms with van der Waals surface area (Å²) in [4.78, 5) is 31.1. The largest absolute Gasteiger partial charge is 0.497 e. The Bertz CT molecular complexity index is 1080. The molecule has 0 aliphatic heterocycles. The molecule has 0 bridgehead atoms. The van der Waals surface area contributed by atoms with Crippen LogP contribution in [0.1, 0.15) is 37.9 Å². The Morgan fingerprint density at radius 2 is 1.97 bits per heavy atom. The van der Waals surface area contributed by atoms with Crippen molar-refractivity contribution in [3.8, 4) is 16.9 Å². The lowest BCUT2D eigenvalue weighted by atomic mass is 9.95. The quantitative estimate of drug-likeness (QED) is 0.691. The number of hydrogen-bond donors (Lipinski definition) is 1. The standard InChI is InChI=1S/C22H25N3O3S/c1-14-23-21-20(18(13-29-21)15-8-10-17(28-2)11-9-15)22(27)25(14)12-19(26)24-16-6-4-3-5-7-16/h8-11,13,16H,3-7,12H2,1-2H3,(H,24,26). The molecule has 29 heavy (non-hydrogen) atoms. The lowest BCUT2D eigenvalue weighted by Gasteiger charge is -2.23. The molecule has 7 heteroatoms. The van der Waals surface area contributed by atoms with E-state index in [1.54, 1.807) is 14.0 Å². The van der Waals surface area contributed by atoms with Crippen molar-refractivity contribution in [2.45, 2.75) is 51.6 Å². The molecule has 2 aromatic heterocycles. The molecule has 1 aliphatic carbocycles. The molecule has 2 heterocycles. The van der Waals surface area contributed by atoms with E-state index >= 15 is 0 Å². The van der Waals surface area contributed by atoms with Crippen LogP contribution in [0.25, 0.3) is 21.3 Å². The van der Waals surface area contributed by atoms with Crippen molar-refractivity contribution < 1.29 is 9.53 Å². The van der Waals surface area contributed by atoms with Gasteiger partial charge in [0.05, 0.1) is 12.5 Å². The van der Waals surface area contributed by atoms with Crippen LogP contribution in [0, 0.1) is 6.92 Å². The zero-order valence-corrected chi connectivity index (χ0v) is 17.6. The zero-order valence-electron chi connectivity index (χ0n) is 16.7. The summed E-state index contributed by atoms with van der Waals surface area (Å²) in [6.07, 6.45) is 5.57. The number of benzene rings is 1. The molecule has 152 valence electrons. The molecule has 1 amide bonds. The lowest BCUT2D eigenvalue weighted by Crippen LogP contribution is -2.40. The SMILES string of the molecule is COc1ccc(-c2csc3nc(C)n(CC(=O)NC4CCCCC4)c(=O)c23)cc1. The minimum Gasteiger partial charge on any atom is -0.497 e. The Kier molecular flexibility index (Phi) is 5.67. The van der Waals surface area contributed by atoms with Crippen LogP contribution in [0.15, 0.2) is 34.4 Å². The summed E-state index contributed by atoms with van der Waals surface area (Å²) < 4.78 is 6.70. The third kappa shape index (κ3) is 4.05. The number of carbonyl (C=O) groups is 1. The molecule has 0 atom stereocenters. The van der Waals surface area contributed by atoms with Crippen LogP contribution >= 0.6 is 11.3 Å². The topological polar surface area (TPSA) is 73.2 Å². The summed E-state index contributed by atoms with van der Waals surface area (Å²) in [5, 5.41) is 5.60. The number of amides is 1. The zero-order chi connectivity index (χ0) is 20.4. The first-order valence-electron chi connectivity index (χ1n) is 9.99. The summed E-state index contributed by atoms with van der Waals surface area (Å²) in [6.45, 7) is 1.78. The Balaban J connectivity index is 1.65. The molecule has 0 radical (unpaired) electrons. The molecule has 1 N–H and O–H groups in total. The summed E-state index contributed by atoms with van der Waals surface area (Å²) in [7, 11) is 1.62. The van der Waals surface area contributed by atoms with Crippen molar-refractivity contribution in [3.63, 3.8) is 0 Å². The summed E-state index contributed by atoms with van der Waals surface area (Å²) in [6, 6.07) is 7.83. The number of aryl methyl sites for hydroxylation is 1. The summed E-state index contributed by atoms with van der Waals surface area (Å²) in [5.74, 6) is 1.20. The van der Waals surface area contributed by atoms with Gasteiger partial charge in [0.25, 0.3) is 5.56 Å².